The number of amides is 1. The van der Waals surface area contributed by atoms with Crippen molar-refractivity contribution in [3.8, 4) is 5.75 Å². The molecule has 0 heterocycles. The van der Waals surface area contributed by atoms with Crippen LogP contribution in [-0.4, -0.2) is 18.8 Å². The standard InChI is InChI=1S/C15H11Cl2NO3/c16-11-5-12(17)7-13(6-11)18-15(20)9-21-14-3-1-10(8-19)2-4-14/h1-8H,9H2,(H,18,20). The van der Waals surface area contributed by atoms with E-state index in [0.29, 0.717) is 27.0 Å². The second-order valence-electron chi connectivity index (χ2n) is 4.18. The Morgan fingerprint density at radius 2 is 1.71 bits per heavy atom. The molecule has 108 valence electrons. The molecule has 0 aliphatic heterocycles. The van der Waals surface area contributed by atoms with Gasteiger partial charge in [0.1, 0.15) is 12.0 Å². The molecule has 0 bridgehead atoms. The van der Waals surface area contributed by atoms with E-state index in [1.165, 1.54) is 0 Å². The maximum Gasteiger partial charge on any atom is 0.262 e. The Bertz CT molecular complexity index is 636. The highest BCUT2D eigenvalue weighted by molar-refractivity contribution is 6.35. The Labute approximate surface area is 131 Å². The molecule has 6 heteroatoms. The number of aldehydes is 1. The average Bonchev–Trinajstić information content (AvgIpc) is 2.44. The molecule has 0 saturated heterocycles. The van der Waals surface area contributed by atoms with Crippen molar-refractivity contribution in [2.24, 2.45) is 0 Å². The Kier molecular flexibility index (Phi) is 5.20. The molecule has 0 aliphatic carbocycles. The second kappa shape index (κ2) is 7.11. The summed E-state index contributed by atoms with van der Waals surface area (Å²) >= 11 is 11.7. The van der Waals surface area contributed by atoms with Crippen molar-refractivity contribution in [1.29, 1.82) is 0 Å². The van der Waals surface area contributed by atoms with E-state index in [1.54, 1.807) is 42.5 Å². The third-order valence-corrected chi connectivity index (χ3v) is 2.97. The van der Waals surface area contributed by atoms with Gasteiger partial charge < -0.3 is 10.1 Å². The minimum Gasteiger partial charge on any atom is -0.484 e. The maximum atomic E-state index is 11.8. The first-order valence-corrected chi connectivity index (χ1v) is 6.76. The number of halogens is 2. The normalized spacial score (nSPS) is 10.0. The highest BCUT2D eigenvalue weighted by atomic mass is 35.5. The lowest BCUT2D eigenvalue weighted by molar-refractivity contribution is -0.118. The number of nitrogens with one attached hydrogen (secondary N) is 1. The second-order valence-corrected chi connectivity index (χ2v) is 5.05. The van der Waals surface area contributed by atoms with E-state index in [-0.39, 0.29) is 12.5 Å². The van der Waals surface area contributed by atoms with Crippen LogP contribution in [0.3, 0.4) is 0 Å². The number of rotatable bonds is 5. The Morgan fingerprint density at radius 1 is 1.10 bits per heavy atom. The zero-order valence-electron chi connectivity index (χ0n) is 10.8. The van der Waals surface area contributed by atoms with Crippen LogP contribution in [0, 0.1) is 0 Å². The molecule has 2 rings (SSSR count). The van der Waals surface area contributed by atoms with Gasteiger partial charge in [-0.25, -0.2) is 0 Å². The largest absolute Gasteiger partial charge is 0.484 e. The van der Waals surface area contributed by atoms with Gasteiger partial charge in [-0.15, -0.1) is 0 Å². The summed E-state index contributed by atoms with van der Waals surface area (Å²) in [5.41, 5.74) is 1.04. The molecule has 0 spiro atoms. The van der Waals surface area contributed by atoms with Gasteiger partial charge in [0.25, 0.3) is 5.91 Å². The lowest BCUT2D eigenvalue weighted by Gasteiger charge is -2.08. The highest BCUT2D eigenvalue weighted by Gasteiger charge is 2.05. The van der Waals surface area contributed by atoms with E-state index in [4.69, 9.17) is 27.9 Å². The number of carbonyl (C=O) groups excluding carboxylic acids is 2. The highest BCUT2D eigenvalue weighted by Crippen LogP contribution is 2.22. The summed E-state index contributed by atoms with van der Waals surface area (Å²) < 4.78 is 5.31. The minimum atomic E-state index is -0.340. The fourth-order valence-corrected chi connectivity index (χ4v) is 2.14. The molecule has 0 radical (unpaired) electrons. The lowest BCUT2D eigenvalue weighted by Crippen LogP contribution is -2.20. The first-order valence-electron chi connectivity index (χ1n) is 6.01. The van der Waals surface area contributed by atoms with Gasteiger partial charge in [-0.3, -0.25) is 9.59 Å². The molecule has 0 saturated carbocycles. The van der Waals surface area contributed by atoms with E-state index in [9.17, 15) is 9.59 Å². The Balaban J connectivity index is 1.90. The third-order valence-electron chi connectivity index (χ3n) is 2.53. The molecule has 0 aromatic heterocycles. The summed E-state index contributed by atoms with van der Waals surface area (Å²) in [5.74, 6) is 0.160. The minimum absolute atomic E-state index is 0.162. The Hall–Kier alpha value is -2.04. The number of ether oxygens (including phenoxy) is 1. The molecular formula is C15H11Cl2NO3. The van der Waals surface area contributed by atoms with Gasteiger partial charge in [-0.2, -0.15) is 0 Å². The summed E-state index contributed by atoms with van der Waals surface area (Å²) in [6, 6.07) is 11.2. The van der Waals surface area contributed by atoms with Crippen LogP contribution in [0.25, 0.3) is 0 Å². The quantitative estimate of drug-likeness (QED) is 0.851. The molecule has 2 aromatic carbocycles. The predicted octanol–water partition coefficient (Wildman–Crippen LogP) is 3.82. The summed E-state index contributed by atoms with van der Waals surface area (Å²) in [5, 5.41) is 3.49. The van der Waals surface area contributed by atoms with Gasteiger partial charge in [0.05, 0.1) is 0 Å². The van der Waals surface area contributed by atoms with Gasteiger partial charge in [-0.05, 0) is 42.5 Å². The van der Waals surface area contributed by atoms with Crippen molar-refractivity contribution in [2.45, 2.75) is 0 Å². The third kappa shape index (κ3) is 4.77. The van der Waals surface area contributed by atoms with Crippen molar-refractivity contribution in [2.75, 3.05) is 11.9 Å². The fourth-order valence-electron chi connectivity index (χ4n) is 1.61. The zero-order chi connectivity index (χ0) is 15.2. The van der Waals surface area contributed by atoms with Crippen LogP contribution < -0.4 is 10.1 Å². The lowest BCUT2D eigenvalue weighted by atomic mass is 10.2. The van der Waals surface area contributed by atoms with E-state index >= 15 is 0 Å². The SMILES string of the molecule is O=Cc1ccc(OCC(=O)Nc2cc(Cl)cc(Cl)c2)cc1. The molecule has 1 N–H and O–H groups in total. The van der Waals surface area contributed by atoms with Crippen LogP contribution in [0.4, 0.5) is 5.69 Å². The molecule has 21 heavy (non-hydrogen) atoms. The summed E-state index contributed by atoms with van der Waals surface area (Å²) in [4.78, 5) is 22.3. The fraction of sp³-hybridized carbons (Fsp3) is 0.0667. The van der Waals surface area contributed by atoms with Crippen LogP contribution in [0.2, 0.25) is 10.0 Å². The van der Waals surface area contributed by atoms with Crippen LogP contribution in [0.5, 0.6) is 5.75 Å². The summed E-state index contributed by atoms with van der Waals surface area (Å²) in [6.45, 7) is -0.162. The molecule has 2 aromatic rings. The van der Waals surface area contributed by atoms with E-state index in [0.717, 1.165) is 6.29 Å². The van der Waals surface area contributed by atoms with Crippen molar-refractivity contribution in [3.63, 3.8) is 0 Å². The molecule has 0 fully saturated rings. The average molecular weight is 324 g/mol. The van der Waals surface area contributed by atoms with E-state index in [1.807, 2.05) is 0 Å². The van der Waals surface area contributed by atoms with Gasteiger partial charge in [-0.1, -0.05) is 23.2 Å². The van der Waals surface area contributed by atoms with Gasteiger partial charge in [0.2, 0.25) is 0 Å². The predicted molar refractivity (Wildman–Crippen MR) is 82.4 cm³/mol. The number of anilines is 1. The van der Waals surface area contributed by atoms with Crippen molar-refractivity contribution >= 4 is 41.1 Å². The van der Waals surface area contributed by atoms with Crippen LogP contribution >= 0.6 is 23.2 Å². The van der Waals surface area contributed by atoms with Gasteiger partial charge in [0.15, 0.2) is 6.61 Å². The summed E-state index contributed by atoms with van der Waals surface area (Å²) in [7, 11) is 0. The van der Waals surface area contributed by atoms with E-state index in [2.05, 4.69) is 5.32 Å². The topological polar surface area (TPSA) is 55.4 Å². The van der Waals surface area contributed by atoms with Crippen molar-refractivity contribution in [1.82, 2.24) is 0 Å². The van der Waals surface area contributed by atoms with Gasteiger partial charge >= 0.3 is 0 Å². The molecule has 4 nitrogen and oxygen atoms in total. The smallest absolute Gasteiger partial charge is 0.262 e. The molecule has 0 aliphatic rings. The number of benzene rings is 2. The maximum absolute atomic E-state index is 11.8. The molecular weight excluding hydrogens is 313 g/mol. The number of carbonyl (C=O) groups is 2. The monoisotopic (exact) mass is 323 g/mol. The molecule has 0 unspecified atom stereocenters. The van der Waals surface area contributed by atoms with Crippen molar-refractivity contribution in [3.05, 3.63) is 58.1 Å². The zero-order valence-corrected chi connectivity index (χ0v) is 12.3. The van der Waals surface area contributed by atoms with Crippen molar-refractivity contribution < 1.29 is 14.3 Å². The molecule has 0 atom stereocenters. The molecule has 1 amide bonds. The first kappa shape index (κ1) is 15.4. The van der Waals surface area contributed by atoms with Crippen LogP contribution in [0.15, 0.2) is 42.5 Å². The number of hydrogen-bond donors (Lipinski definition) is 1. The van der Waals surface area contributed by atoms with E-state index < -0.39 is 0 Å². The Morgan fingerprint density at radius 3 is 2.29 bits per heavy atom. The first-order chi connectivity index (χ1) is 10.1. The van der Waals surface area contributed by atoms with Crippen LogP contribution in [-0.2, 0) is 4.79 Å². The summed E-state index contributed by atoms with van der Waals surface area (Å²) in [6.07, 6.45) is 0.735. The van der Waals surface area contributed by atoms with Crippen LogP contribution in [0.1, 0.15) is 10.4 Å². The van der Waals surface area contributed by atoms with Gasteiger partial charge in [0, 0.05) is 21.3 Å². The number of hydrogen-bond acceptors (Lipinski definition) is 3.